The zero-order valence-electron chi connectivity index (χ0n) is 8.55. The Morgan fingerprint density at radius 2 is 1.64 bits per heavy atom. The van der Waals surface area contributed by atoms with Gasteiger partial charge < -0.3 is 4.74 Å². The summed E-state index contributed by atoms with van der Waals surface area (Å²) in [5, 5.41) is 0. The lowest BCUT2D eigenvalue weighted by molar-refractivity contribution is -0.0227. The fraction of sp³-hybridized carbons (Fsp3) is 1.00. The Morgan fingerprint density at radius 3 is 1.91 bits per heavy atom. The van der Waals surface area contributed by atoms with Crippen LogP contribution >= 0.6 is 0 Å². The summed E-state index contributed by atoms with van der Waals surface area (Å²) < 4.78 is 5.75. The van der Waals surface area contributed by atoms with Gasteiger partial charge in [0.1, 0.15) is 0 Å². The first-order valence-electron chi connectivity index (χ1n) is 4.73. The van der Waals surface area contributed by atoms with Gasteiger partial charge in [0.15, 0.2) is 0 Å². The Balaban J connectivity index is 3.69. The average Bonchev–Trinajstić information content (AvgIpc) is 1.86. The van der Waals surface area contributed by atoms with Gasteiger partial charge in [-0.05, 0) is 26.2 Å². The van der Waals surface area contributed by atoms with Crippen LogP contribution in [0.25, 0.3) is 0 Å². The van der Waals surface area contributed by atoms with Crippen molar-refractivity contribution in [3.8, 4) is 0 Å². The van der Waals surface area contributed by atoms with Crippen LogP contribution in [0.4, 0.5) is 0 Å². The molecule has 0 spiro atoms. The molecule has 0 aliphatic rings. The van der Waals surface area contributed by atoms with Gasteiger partial charge in [0.05, 0.1) is 12.2 Å². The molecule has 0 heterocycles. The fourth-order valence-electron chi connectivity index (χ4n) is 1.19. The van der Waals surface area contributed by atoms with E-state index in [0.29, 0.717) is 18.1 Å². The van der Waals surface area contributed by atoms with Gasteiger partial charge in [0.2, 0.25) is 0 Å². The van der Waals surface area contributed by atoms with Gasteiger partial charge in [-0.25, -0.2) is 0 Å². The van der Waals surface area contributed by atoms with E-state index >= 15 is 0 Å². The van der Waals surface area contributed by atoms with Crippen LogP contribution in [0.15, 0.2) is 0 Å². The monoisotopic (exact) mass is 158 g/mol. The van der Waals surface area contributed by atoms with E-state index in [-0.39, 0.29) is 0 Å². The molecular weight excluding hydrogens is 136 g/mol. The van der Waals surface area contributed by atoms with Crippen LogP contribution in [0.1, 0.15) is 47.5 Å². The molecule has 0 rings (SSSR count). The Hall–Kier alpha value is -0.0400. The fourth-order valence-corrected chi connectivity index (χ4v) is 1.19. The predicted octanol–water partition coefficient (Wildman–Crippen LogP) is 3.24. The maximum absolute atomic E-state index is 5.75. The predicted molar refractivity (Wildman–Crippen MR) is 49.8 cm³/mol. The van der Waals surface area contributed by atoms with Crippen molar-refractivity contribution < 1.29 is 4.74 Å². The van der Waals surface area contributed by atoms with E-state index in [1.807, 2.05) is 0 Å². The van der Waals surface area contributed by atoms with Crippen molar-refractivity contribution in [1.82, 2.24) is 0 Å². The molecule has 1 nitrogen and oxygen atoms in total. The minimum Gasteiger partial charge on any atom is -0.375 e. The zero-order valence-corrected chi connectivity index (χ0v) is 8.55. The molecule has 0 N–H and O–H groups in total. The van der Waals surface area contributed by atoms with E-state index in [9.17, 15) is 0 Å². The van der Waals surface area contributed by atoms with Crippen molar-refractivity contribution in [2.75, 3.05) is 0 Å². The lowest BCUT2D eigenvalue weighted by atomic mass is 10.0. The topological polar surface area (TPSA) is 9.23 Å². The summed E-state index contributed by atoms with van der Waals surface area (Å²) in [7, 11) is 0. The van der Waals surface area contributed by atoms with Gasteiger partial charge in [-0.2, -0.15) is 0 Å². The molecule has 1 unspecified atom stereocenters. The van der Waals surface area contributed by atoms with Crippen LogP contribution < -0.4 is 0 Å². The molecule has 1 atom stereocenters. The summed E-state index contributed by atoms with van der Waals surface area (Å²) in [4.78, 5) is 0. The van der Waals surface area contributed by atoms with Crippen molar-refractivity contribution in [2.45, 2.75) is 59.7 Å². The summed E-state index contributed by atoms with van der Waals surface area (Å²) in [6.07, 6.45) is 3.24. The highest BCUT2D eigenvalue weighted by molar-refractivity contribution is 4.62. The first-order chi connectivity index (χ1) is 5.07. The van der Waals surface area contributed by atoms with E-state index < -0.39 is 0 Å². The average molecular weight is 158 g/mol. The molecule has 0 aliphatic carbocycles. The maximum atomic E-state index is 5.75. The normalized spacial score (nSPS) is 14.5. The molecule has 0 amide bonds. The summed E-state index contributed by atoms with van der Waals surface area (Å²) in [6, 6.07) is 0. The lowest BCUT2D eigenvalue weighted by Crippen LogP contribution is -2.23. The maximum Gasteiger partial charge on any atom is 0.0601 e. The number of rotatable bonds is 5. The first-order valence-corrected chi connectivity index (χ1v) is 4.73. The molecular formula is C10H22O. The molecule has 0 aromatic heterocycles. The van der Waals surface area contributed by atoms with Crippen LogP contribution in [-0.4, -0.2) is 12.2 Å². The summed E-state index contributed by atoms with van der Waals surface area (Å²) in [6.45, 7) is 10.9. The Morgan fingerprint density at radius 1 is 1.09 bits per heavy atom. The van der Waals surface area contributed by atoms with Crippen LogP contribution in [0.2, 0.25) is 0 Å². The third kappa shape index (κ3) is 5.25. The molecule has 0 aromatic rings. The van der Waals surface area contributed by atoms with Crippen LogP contribution in [-0.2, 0) is 4.74 Å². The SMILES string of the molecule is CCCC(OC(C)C)C(C)C. The molecule has 0 aliphatic heterocycles. The highest BCUT2D eigenvalue weighted by Crippen LogP contribution is 2.14. The summed E-state index contributed by atoms with van der Waals surface area (Å²) in [5.41, 5.74) is 0. The Labute approximate surface area is 71.1 Å². The third-order valence-corrected chi connectivity index (χ3v) is 1.76. The van der Waals surface area contributed by atoms with Crippen LogP contribution in [0, 0.1) is 5.92 Å². The number of ether oxygens (including phenoxy) is 1. The van der Waals surface area contributed by atoms with E-state index in [4.69, 9.17) is 4.74 Å². The second-order valence-electron chi connectivity index (χ2n) is 3.76. The van der Waals surface area contributed by atoms with Crippen molar-refractivity contribution in [3.05, 3.63) is 0 Å². The number of hydrogen-bond donors (Lipinski definition) is 0. The minimum atomic E-state index is 0.369. The molecule has 0 fully saturated rings. The number of hydrogen-bond acceptors (Lipinski definition) is 1. The molecule has 0 radical (unpaired) electrons. The van der Waals surface area contributed by atoms with Crippen molar-refractivity contribution >= 4 is 0 Å². The Bertz CT molecular complexity index is 86.9. The van der Waals surface area contributed by atoms with Crippen molar-refractivity contribution in [2.24, 2.45) is 5.92 Å². The van der Waals surface area contributed by atoms with Crippen molar-refractivity contribution in [1.29, 1.82) is 0 Å². The van der Waals surface area contributed by atoms with E-state index in [2.05, 4.69) is 34.6 Å². The van der Waals surface area contributed by atoms with E-state index in [0.717, 1.165) is 0 Å². The first kappa shape index (κ1) is 11.0. The van der Waals surface area contributed by atoms with Gasteiger partial charge in [0, 0.05) is 0 Å². The van der Waals surface area contributed by atoms with Gasteiger partial charge in [-0.1, -0.05) is 27.2 Å². The standard InChI is InChI=1S/C10H22O/c1-6-7-10(8(2)3)11-9(4)5/h8-10H,6-7H2,1-5H3. The lowest BCUT2D eigenvalue weighted by Gasteiger charge is -2.23. The van der Waals surface area contributed by atoms with E-state index in [1.165, 1.54) is 12.8 Å². The largest absolute Gasteiger partial charge is 0.375 e. The third-order valence-electron chi connectivity index (χ3n) is 1.76. The molecule has 11 heavy (non-hydrogen) atoms. The Kier molecular flexibility index (Phi) is 5.57. The van der Waals surface area contributed by atoms with Crippen LogP contribution in [0.5, 0.6) is 0 Å². The summed E-state index contributed by atoms with van der Waals surface area (Å²) >= 11 is 0. The quantitative estimate of drug-likeness (QED) is 0.597. The summed E-state index contributed by atoms with van der Waals surface area (Å²) in [5.74, 6) is 0.650. The molecule has 0 aromatic carbocycles. The molecule has 0 saturated carbocycles. The molecule has 68 valence electrons. The second-order valence-corrected chi connectivity index (χ2v) is 3.76. The molecule has 1 heteroatoms. The minimum absolute atomic E-state index is 0.369. The highest BCUT2D eigenvalue weighted by Gasteiger charge is 2.13. The smallest absolute Gasteiger partial charge is 0.0601 e. The molecule has 0 bridgehead atoms. The molecule has 0 saturated heterocycles. The van der Waals surface area contributed by atoms with Crippen LogP contribution in [0.3, 0.4) is 0 Å². The van der Waals surface area contributed by atoms with Gasteiger partial charge in [0.25, 0.3) is 0 Å². The van der Waals surface area contributed by atoms with Gasteiger partial charge >= 0.3 is 0 Å². The van der Waals surface area contributed by atoms with Crippen molar-refractivity contribution in [3.63, 3.8) is 0 Å². The van der Waals surface area contributed by atoms with Gasteiger partial charge in [-0.15, -0.1) is 0 Å². The zero-order chi connectivity index (χ0) is 8.85. The van der Waals surface area contributed by atoms with Gasteiger partial charge in [-0.3, -0.25) is 0 Å². The second kappa shape index (κ2) is 5.59. The van der Waals surface area contributed by atoms with E-state index in [1.54, 1.807) is 0 Å². The highest BCUT2D eigenvalue weighted by atomic mass is 16.5.